The van der Waals surface area contributed by atoms with Crippen molar-refractivity contribution in [2.75, 3.05) is 23.7 Å². The molecule has 1 aromatic rings. The van der Waals surface area contributed by atoms with E-state index in [4.69, 9.17) is 5.73 Å². The zero-order chi connectivity index (χ0) is 12.3. The molecule has 1 saturated heterocycles. The van der Waals surface area contributed by atoms with Crippen LogP contribution in [-0.2, 0) is 0 Å². The van der Waals surface area contributed by atoms with Gasteiger partial charge in [-0.1, -0.05) is 13.3 Å². The first-order valence-electron chi connectivity index (χ1n) is 6.50. The maximum Gasteiger partial charge on any atom is 0.148 e. The van der Waals surface area contributed by atoms with Crippen LogP contribution >= 0.6 is 0 Å². The third-order valence-corrected chi connectivity index (χ3v) is 3.74. The molecule has 0 spiro atoms. The third kappa shape index (κ3) is 2.90. The fourth-order valence-electron chi connectivity index (χ4n) is 2.59. The van der Waals surface area contributed by atoms with Crippen molar-refractivity contribution in [1.29, 1.82) is 0 Å². The predicted octanol–water partition coefficient (Wildman–Crippen LogP) is 3.42. The molecule has 3 heteroatoms. The van der Waals surface area contributed by atoms with Gasteiger partial charge in [0.2, 0.25) is 0 Å². The molecule has 2 N–H and O–H groups in total. The maximum absolute atomic E-state index is 13.8. The van der Waals surface area contributed by atoms with E-state index in [1.807, 2.05) is 0 Å². The van der Waals surface area contributed by atoms with Gasteiger partial charge in [0.25, 0.3) is 0 Å². The lowest BCUT2D eigenvalue weighted by Crippen LogP contribution is -2.25. The first-order chi connectivity index (χ1) is 8.20. The molecule has 0 bridgehead atoms. The largest absolute Gasteiger partial charge is 0.399 e. The molecule has 1 atom stereocenters. The molecule has 0 aliphatic carbocycles. The summed E-state index contributed by atoms with van der Waals surface area (Å²) in [5, 5.41) is 0. The fourth-order valence-corrected chi connectivity index (χ4v) is 2.59. The van der Waals surface area contributed by atoms with E-state index in [0.29, 0.717) is 11.4 Å². The van der Waals surface area contributed by atoms with Gasteiger partial charge in [0.15, 0.2) is 0 Å². The van der Waals surface area contributed by atoms with E-state index >= 15 is 0 Å². The molecule has 1 heterocycles. The SMILES string of the molecule is CCC1CCCN(c2ccc(N)cc2F)CC1. The van der Waals surface area contributed by atoms with E-state index in [9.17, 15) is 4.39 Å². The van der Waals surface area contributed by atoms with Gasteiger partial charge in [-0.05, 0) is 43.4 Å². The molecule has 1 aliphatic rings. The monoisotopic (exact) mass is 236 g/mol. The highest BCUT2D eigenvalue weighted by Crippen LogP contribution is 2.27. The minimum atomic E-state index is -0.194. The molecule has 94 valence electrons. The van der Waals surface area contributed by atoms with Gasteiger partial charge in [0.1, 0.15) is 5.82 Å². The summed E-state index contributed by atoms with van der Waals surface area (Å²) in [6, 6.07) is 5.00. The Morgan fingerprint density at radius 3 is 2.88 bits per heavy atom. The quantitative estimate of drug-likeness (QED) is 0.797. The summed E-state index contributed by atoms with van der Waals surface area (Å²) in [6.45, 7) is 4.15. The Labute approximate surface area is 103 Å². The molecule has 1 aliphatic heterocycles. The number of nitrogens with zero attached hydrogens (tertiary/aromatic N) is 1. The van der Waals surface area contributed by atoms with Gasteiger partial charge < -0.3 is 10.6 Å². The van der Waals surface area contributed by atoms with Gasteiger partial charge in [0.05, 0.1) is 5.69 Å². The molecule has 1 fully saturated rings. The summed E-state index contributed by atoms with van der Waals surface area (Å²) in [5.41, 5.74) is 6.77. The van der Waals surface area contributed by atoms with Gasteiger partial charge >= 0.3 is 0 Å². The van der Waals surface area contributed by atoms with E-state index in [-0.39, 0.29) is 5.82 Å². The van der Waals surface area contributed by atoms with Crippen molar-refractivity contribution in [3.05, 3.63) is 24.0 Å². The Morgan fingerprint density at radius 1 is 1.35 bits per heavy atom. The Hall–Kier alpha value is -1.25. The standard InChI is InChI=1S/C14H21FN2/c1-2-11-4-3-8-17(9-7-11)14-6-5-12(16)10-13(14)15/h5-6,10-11H,2-4,7-9,16H2,1H3. The third-order valence-electron chi connectivity index (χ3n) is 3.74. The zero-order valence-corrected chi connectivity index (χ0v) is 10.5. The summed E-state index contributed by atoms with van der Waals surface area (Å²) in [7, 11) is 0. The number of benzene rings is 1. The van der Waals surface area contributed by atoms with Gasteiger partial charge in [-0.15, -0.1) is 0 Å². The summed E-state index contributed by atoms with van der Waals surface area (Å²) < 4.78 is 13.8. The van der Waals surface area contributed by atoms with E-state index in [0.717, 1.165) is 25.4 Å². The van der Waals surface area contributed by atoms with Gasteiger partial charge in [0, 0.05) is 18.8 Å². The van der Waals surface area contributed by atoms with E-state index in [1.54, 1.807) is 12.1 Å². The predicted molar refractivity (Wildman–Crippen MR) is 70.7 cm³/mol. The Kier molecular flexibility index (Phi) is 3.87. The highest BCUT2D eigenvalue weighted by molar-refractivity contribution is 5.54. The van der Waals surface area contributed by atoms with Crippen LogP contribution in [0.25, 0.3) is 0 Å². The summed E-state index contributed by atoms with van der Waals surface area (Å²) in [6.07, 6.45) is 4.82. The summed E-state index contributed by atoms with van der Waals surface area (Å²) in [5.74, 6) is 0.608. The zero-order valence-electron chi connectivity index (χ0n) is 10.5. The van der Waals surface area contributed by atoms with Gasteiger partial charge in [-0.3, -0.25) is 0 Å². The van der Waals surface area contributed by atoms with Crippen LogP contribution in [0.15, 0.2) is 18.2 Å². The fraction of sp³-hybridized carbons (Fsp3) is 0.571. The first-order valence-corrected chi connectivity index (χ1v) is 6.50. The van der Waals surface area contributed by atoms with Crippen LogP contribution in [0.5, 0.6) is 0 Å². The van der Waals surface area contributed by atoms with Crippen LogP contribution < -0.4 is 10.6 Å². The minimum Gasteiger partial charge on any atom is -0.399 e. The molecule has 0 aromatic heterocycles. The van der Waals surface area contributed by atoms with Crippen molar-refractivity contribution < 1.29 is 4.39 Å². The number of anilines is 2. The Morgan fingerprint density at radius 2 is 2.18 bits per heavy atom. The number of hydrogen-bond acceptors (Lipinski definition) is 2. The lowest BCUT2D eigenvalue weighted by molar-refractivity contribution is 0.459. The lowest BCUT2D eigenvalue weighted by Gasteiger charge is -2.23. The molecule has 2 nitrogen and oxygen atoms in total. The van der Waals surface area contributed by atoms with E-state index in [1.165, 1.54) is 25.3 Å². The number of nitrogen functional groups attached to an aromatic ring is 1. The number of rotatable bonds is 2. The molecule has 0 saturated carbocycles. The molecular weight excluding hydrogens is 215 g/mol. The van der Waals surface area contributed by atoms with Crippen LogP contribution in [0.2, 0.25) is 0 Å². The topological polar surface area (TPSA) is 29.3 Å². The van der Waals surface area contributed by atoms with Crippen molar-refractivity contribution >= 4 is 11.4 Å². The smallest absolute Gasteiger partial charge is 0.148 e. The van der Waals surface area contributed by atoms with E-state index < -0.39 is 0 Å². The number of hydrogen-bond donors (Lipinski definition) is 1. The highest BCUT2D eigenvalue weighted by Gasteiger charge is 2.18. The van der Waals surface area contributed by atoms with Crippen molar-refractivity contribution in [2.24, 2.45) is 5.92 Å². The summed E-state index contributed by atoms with van der Waals surface area (Å²) >= 11 is 0. The minimum absolute atomic E-state index is 0.194. The molecule has 2 rings (SSSR count). The van der Waals surface area contributed by atoms with Crippen molar-refractivity contribution in [2.45, 2.75) is 32.6 Å². The normalized spacial score (nSPS) is 21.3. The second-order valence-electron chi connectivity index (χ2n) is 4.90. The first kappa shape index (κ1) is 12.2. The van der Waals surface area contributed by atoms with Crippen LogP contribution in [0.4, 0.5) is 15.8 Å². The molecule has 17 heavy (non-hydrogen) atoms. The maximum atomic E-state index is 13.8. The second kappa shape index (κ2) is 5.39. The molecule has 1 aromatic carbocycles. The lowest BCUT2D eigenvalue weighted by atomic mass is 9.98. The molecule has 0 radical (unpaired) electrons. The van der Waals surface area contributed by atoms with Crippen molar-refractivity contribution in [3.63, 3.8) is 0 Å². The Bertz CT molecular complexity index is 378. The van der Waals surface area contributed by atoms with Crippen LogP contribution in [0.1, 0.15) is 32.6 Å². The number of nitrogens with two attached hydrogens (primary N) is 1. The van der Waals surface area contributed by atoms with Crippen LogP contribution in [-0.4, -0.2) is 13.1 Å². The van der Waals surface area contributed by atoms with Gasteiger partial charge in [-0.25, -0.2) is 4.39 Å². The molecule has 0 amide bonds. The number of halogens is 1. The van der Waals surface area contributed by atoms with Crippen LogP contribution in [0, 0.1) is 11.7 Å². The summed E-state index contributed by atoms with van der Waals surface area (Å²) in [4.78, 5) is 2.16. The molecule has 1 unspecified atom stereocenters. The van der Waals surface area contributed by atoms with Crippen LogP contribution in [0.3, 0.4) is 0 Å². The Balaban J connectivity index is 2.11. The van der Waals surface area contributed by atoms with Crippen molar-refractivity contribution in [1.82, 2.24) is 0 Å². The average molecular weight is 236 g/mol. The van der Waals surface area contributed by atoms with E-state index in [2.05, 4.69) is 11.8 Å². The van der Waals surface area contributed by atoms with Gasteiger partial charge in [-0.2, -0.15) is 0 Å². The van der Waals surface area contributed by atoms with Crippen molar-refractivity contribution in [3.8, 4) is 0 Å². The second-order valence-corrected chi connectivity index (χ2v) is 4.90. The molecular formula is C14H21FN2. The highest BCUT2D eigenvalue weighted by atomic mass is 19.1. The average Bonchev–Trinajstić information content (AvgIpc) is 2.54.